The van der Waals surface area contributed by atoms with Crippen LogP contribution in [0.3, 0.4) is 0 Å². The van der Waals surface area contributed by atoms with Gasteiger partial charge in [-0.1, -0.05) is 36.4 Å². The Kier molecular flexibility index (Phi) is 4.12. The Morgan fingerprint density at radius 1 is 1.04 bits per heavy atom. The number of ether oxygens (including phenoxy) is 1. The first kappa shape index (κ1) is 16.8. The van der Waals surface area contributed by atoms with Crippen molar-refractivity contribution >= 4 is 6.09 Å². The Labute approximate surface area is 158 Å². The van der Waals surface area contributed by atoms with Crippen molar-refractivity contribution in [3.8, 4) is 0 Å². The van der Waals surface area contributed by atoms with Crippen molar-refractivity contribution in [2.75, 3.05) is 26.2 Å². The van der Waals surface area contributed by atoms with Crippen LogP contribution in [0.15, 0.2) is 48.5 Å². The number of halogens is 1. The van der Waals surface area contributed by atoms with Gasteiger partial charge in [-0.3, -0.25) is 9.80 Å². The summed E-state index contributed by atoms with van der Waals surface area (Å²) in [6.45, 7) is 3.62. The zero-order valence-electron chi connectivity index (χ0n) is 15.2. The van der Waals surface area contributed by atoms with E-state index in [0.717, 1.165) is 43.6 Å². The van der Waals surface area contributed by atoms with E-state index in [2.05, 4.69) is 17.0 Å². The zero-order chi connectivity index (χ0) is 18.4. The maximum Gasteiger partial charge on any atom is 0.410 e. The highest BCUT2D eigenvalue weighted by Crippen LogP contribution is 2.37. The van der Waals surface area contributed by atoms with E-state index >= 15 is 0 Å². The van der Waals surface area contributed by atoms with Crippen molar-refractivity contribution < 1.29 is 13.9 Å². The van der Waals surface area contributed by atoms with Gasteiger partial charge in [0.2, 0.25) is 0 Å². The van der Waals surface area contributed by atoms with Gasteiger partial charge >= 0.3 is 6.09 Å². The number of carbonyl (C=O) groups excluding carboxylic acids is 1. The summed E-state index contributed by atoms with van der Waals surface area (Å²) in [5, 5.41) is 0. The lowest BCUT2D eigenvalue weighted by molar-refractivity contribution is 0.0332. The SMILES string of the molecule is O=C(O[C@H]1CN2CC[C@H]1C2)N1CCc2ccccc2[C@@H]1c1ccc(F)cc1. The molecule has 2 fully saturated rings. The summed E-state index contributed by atoms with van der Waals surface area (Å²) in [7, 11) is 0. The first-order valence-electron chi connectivity index (χ1n) is 9.72. The lowest BCUT2D eigenvalue weighted by Gasteiger charge is -2.38. The van der Waals surface area contributed by atoms with E-state index in [9.17, 15) is 9.18 Å². The molecule has 5 heteroatoms. The molecule has 2 saturated heterocycles. The summed E-state index contributed by atoms with van der Waals surface area (Å²) in [6, 6.07) is 14.4. The third-order valence-electron chi connectivity index (χ3n) is 6.23. The second kappa shape index (κ2) is 6.64. The lowest BCUT2D eigenvalue weighted by Crippen LogP contribution is -2.44. The zero-order valence-corrected chi connectivity index (χ0v) is 15.2. The highest BCUT2D eigenvalue weighted by molar-refractivity contribution is 5.70. The molecule has 3 heterocycles. The highest BCUT2D eigenvalue weighted by atomic mass is 19.1. The first-order valence-corrected chi connectivity index (χ1v) is 9.72. The molecule has 0 aromatic heterocycles. The van der Waals surface area contributed by atoms with Crippen molar-refractivity contribution in [2.24, 2.45) is 5.92 Å². The standard InChI is InChI=1S/C22H23FN2O2/c23-18-7-5-16(6-8-18)21-19-4-2-1-3-15(19)10-12-25(21)22(26)27-20-14-24-11-9-17(20)13-24/h1-8,17,20-21H,9-14H2/t17-,20-,21-/m0/s1. The number of nitrogens with zero attached hydrogens (tertiary/aromatic N) is 2. The van der Waals surface area contributed by atoms with Crippen molar-refractivity contribution in [3.05, 3.63) is 71.0 Å². The van der Waals surface area contributed by atoms with Crippen LogP contribution in [0, 0.1) is 11.7 Å². The minimum absolute atomic E-state index is 0.00251. The van der Waals surface area contributed by atoms with E-state index in [1.165, 1.54) is 17.7 Å². The number of carbonyl (C=O) groups is 1. The van der Waals surface area contributed by atoms with Crippen LogP contribution < -0.4 is 0 Å². The molecule has 2 aromatic carbocycles. The van der Waals surface area contributed by atoms with Crippen LogP contribution in [0.25, 0.3) is 0 Å². The number of piperidine rings is 1. The summed E-state index contributed by atoms with van der Waals surface area (Å²) in [4.78, 5) is 17.3. The average molecular weight is 366 g/mol. The van der Waals surface area contributed by atoms with Gasteiger partial charge in [-0.25, -0.2) is 9.18 Å². The van der Waals surface area contributed by atoms with Crippen LogP contribution in [0.2, 0.25) is 0 Å². The minimum Gasteiger partial charge on any atom is -0.444 e. The minimum atomic E-state index is -0.270. The summed E-state index contributed by atoms with van der Waals surface area (Å²) in [6.07, 6.45) is 1.67. The summed E-state index contributed by atoms with van der Waals surface area (Å²) in [5.74, 6) is 0.197. The fourth-order valence-corrected chi connectivity index (χ4v) is 4.83. The highest BCUT2D eigenvalue weighted by Gasteiger charge is 2.42. The Morgan fingerprint density at radius 2 is 1.85 bits per heavy atom. The second-order valence-corrected chi connectivity index (χ2v) is 7.83. The molecule has 5 rings (SSSR count). The summed E-state index contributed by atoms with van der Waals surface area (Å²) in [5.41, 5.74) is 3.25. The molecule has 1 amide bonds. The second-order valence-electron chi connectivity index (χ2n) is 7.83. The molecular formula is C22H23FN2O2. The molecule has 140 valence electrons. The van der Waals surface area contributed by atoms with Gasteiger partial charge < -0.3 is 4.74 Å². The van der Waals surface area contributed by atoms with Gasteiger partial charge in [0.1, 0.15) is 11.9 Å². The van der Waals surface area contributed by atoms with Crippen molar-refractivity contribution in [1.29, 1.82) is 0 Å². The van der Waals surface area contributed by atoms with E-state index in [1.807, 2.05) is 17.0 Å². The molecule has 0 saturated carbocycles. The van der Waals surface area contributed by atoms with Gasteiger partial charge in [-0.15, -0.1) is 0 Å². The fourth-order valence-electron chi connectivity index (χ4n) is 4.83. The van der Waals surface area contributed by atoms with E-state index < -0.39 is 0 Å². The number of amides is 1. The lowest BCUT2D eigenvalue weighted by atomic mass is 9.88. The number of fused-ring (bicyclic) bond motifs is 3. The summed E-state index contributed by atoms with van der Waals surface area (Å²) >= 11 is 0. The molecular weight excluding hydrogens is 343 g/mol. The Hall–Kier alpha value is -2.40. The molecule has 4 atom stereocenters. The molecule has 2 aromatic rings. The van der Waals surface area contributed by atoms with Crippen LogP contribution in [0.1, 0.15) is 29.2 Å². The van der Waals surface area contributed by atoms with Crippen molar-refractivity contribution in [3.63, 3.8) is 0 Å². The van der Waals surface area contributed by atoms with Gasteiger partial charge in [0.15, 0.2) is 0 Å². The normalized spacial score (nSPS) is 28.9. The first-order chi connectivity index (χ1) is 13.2. The fraction of sp³-hybridized carbons (Fsp3) is 0.409. The predicted octanol–water partition coefficient (Wildman–Crippen LogP) is 3.61. The predicted molar refractivity (Wildman–Crippen MR) is 99.9 cm³/mol. The van der Waals surface area contributed by atoms with Crippen LogP contribution >= 0.6 is 0 Å². The third kappa shape index (κ3) is 3.00. The molecule has 27 heavy (non-hydrogen) atoms. The number of benzene rings is 2. The molecule has 3 aliphatic rings. The molecule has 0 aliphatic carbocycles. The maximum absolute atomic E-state index is 13.5. The smallest absolute Gasteiger partial charge is 0.410 e. The topological polar surface area (TPSA) is 32.8 Å². The quantitative estimate of drug-likeness (QED) is 0.814. The van der Waals surface area contributed by atoms with Crippen molar-refractivity contribution in [1.82, 2.24) is 9.80 Å². The van der Waals surface area contributed by atoms with Crippen LogP contribution in [-0.4, -0.2) is 48.2 Å². The maximum atomic E-state index is 13.5. The third-order valence-corrected chi connectivity index (χ3v) is 6.23. The molecule has 3 aliphatic heterocycles. The number of rotatable bonds is 2. The van der Waals surface area contributed by atoms with Crippen LogP contribution in [0.5, 0.6) is 0 Å². The van der Waals surface area contributed by atoms with E-state index in [0.29, 0.717) is 12.5 Å². The van der Waals surface area contributed by atoms with Gasteiger partial charge in [-0.2, -0.15) is 0 Å². The Morgan fingerprint density at radius 3 is 2.59 bits per heavy atom. The Bertz CT molecular complexity index is 854. The molecule has 0 radical (unpaired) electrons. The number of hydrogen-bond acceptors (Lipinski definition) is 3. The van der Waals surface area contributed by atoms with Gasteiger partial charge in [0.05, 0.1) is 6.04 Å². The van der Waals surface area contributed by atoms with Gasteiger partial charge in [0.25, 0.3) is 0 Å². The number of hydrogen-bond donors (Lipinski definition) is 0. The van der Waals surface area contributed by atoms with Crippen LogP contribution in [0.4, 0.5) is 9.18 Å². The van der Waals surface area contributed by atoms with E-state index in [-0.39, 0.29) is 24.1 Å². The average Bonchev–Trinajstić information content (AvgIpc) is 3.31. The van der Waals surface area contributed by atoms with Gasteiger partial charge in [-0.05, 0) is 48.2 Å². The largest absolute Gasteiger partial charge is 0.444 e. The Balaban J connectivity index is 1.45. The van der Waals surface area contributed by atoms with Gasteiger partial charge in [0, 0.05) is 25.6 Å². The molecule has 0 N–H and O–H groups in total. The van der Waals surface area contributed by atoms with Crippen LogP contribution in [-0.2, 0) is 11.2 Å². The molecule has 2 bridgehead atoms. The van der Waals surface area contributed by atoms with Crippen molar-refractivity contribution in [2.45, 2.75) is 25.0 Å². The molecule has 4 nitrogen and oxygen atoms in total. The van der Waals surface area contributed by atoms with E-state index in [1.54, 1.807) is 12.1 Å². The monoisotopic (exact) mass is 366 g/mol. The molecule has 1 unspecified atom stereocenters. The summed E-state index contributed by atoms with van der Waals surface area (Å²) < 4.78 is 19.4. The van der Waals surface area contributed by atoms with E-state index in [4.69, 9.17) is 4.74 Å². The molecule has 0 spiro atoms.